The number of thiazole rings is 1. The summed E-state index contributed by atoms with van der Waals surface area (Å²) in [5.41, 5.74) is 1.01. The van der Waals surface area contributed by atoms with Gasteiger partial charge in [0.1, 0.15) is 17.3 Å². The lowest BCUT2D eigenvalue weighted by Crippen LogP contribution is -2.39. The van der Waals surface area contributed by atoms with Gasteiger partial charge in [0, 0.05) is 17.2 Å². The summed E-state index contributed by atoms with van der Waals surface area (Å²) >= 11 is 7.07. The number of ether oxygens (including phenoxy) is 2. The van der Waals surface area contributed by atoms with Gasteiger partial charge >= 0.3 is 5.97 Å². The number of nitro benzene ring substituents is 1. The van der Waals surface area contributed by atoms with Crippen LogP contribution in [0.3, 0.4) is 0 Å². The molecule has 40 heavy (non-hydrogen) atoms. The number of furan rings is 1. The second-order valence-corrected chi connectivity index (χ2v) is 10.1. The van der Waals surface area contributed by atoms with Gasteiger partial charge in [0.15, 0.2) is 4.80 Å². The van der Waals surface area contributed by atoms with Crippen molar-refractivity contribution in [2.75, 3.05) is 13.7 Å². The number of carbonyl (C=O) groups excluding carboxylic acids is 1. The van der Waals surface area contributed by atoms with Gasteiger partial charge in [0.25, 0.3) is 11.2 Å². The van der Waals surface area contributed by atoms with Crippen LogP contribution in [0.25, 0.3) is 17.4 Å². The second kappa shape index (κ2) is 10.9. The van der Waals surface area contributed by atoms with Crippen LogP contribution in [-0.2, 0) is 9.53 Å². The SMILES string of the molecule is CCOC(=O)C1=C(C)N=c2s/c(=C/c3ccc(-c4ccc(Cl)cc4[N+](=O)[O-])o3)c(=O)n2C1c1cccc(OC)c1. The van der Waals surface area contributed by atoms with Crippen LogP contribution in [0.5, 0.6) is 5.75 Å². The third-order valence-electron chi connectivity index (χ3n) is 6.25. The van der Waals surface area contributed by atoms with E-state index in [1.807, 2.05) is 0 Å². The number of methoxy groups -OCH3 is 1. The van der Waals surface area contributed by atoms with Crippen LogP contribution in [0.2, 0.25) is 5.02 Å². The molecule has 0 saturated heterocycles. The lowest BCUT2D eigenvalue weighted by atomic mass is 9.95. The maximum Gasteiger partial charge on any atom is 0.338 e. The van der Waals surface area contributed by atoms with Crippen molar-refractivity contribution in [1.82, 2.24) is 4.57 Å². The number of allylic oxidation sites excluding steroid dienone is 1. The Morgan fingerprint density at radius 3 is 2.77 bits per heavy atom. The van der Waals surface area contributed by atoms with E-state index in [1.165, 1.54) is 29.9 Å². The molecule has 0 amide bonds. The molecule has 1 unspecified atom stereocenters. The topological polar surface area (TPSA) is 126 Å². The number of esters is 1. The third-order valence-corrected chi connectivity index (χ3v) is 7.47. The highest BCUT2D eigenvalue weighted by molar-refractivity contribution is 7.07. The Bertz CT molecular complexity index is 1870. The Morgan fingerprint density at radius 1 is 1.25 bits per heavy atom. The van der Waals surface area contributed by atoms with E-state index in [0.29, 0.717) is 32.1 Å². The maximum atomic E-state index is 13.8. The fourth-order valence-electron chi connectivity index (χ4n) is 4.49. The van der Waals surface area contributed by atoms with Gasteiger partial charge in [-0.05, 0) is 55.8 Å². The quantitative estimate of drug-likeness (QED) is 0.177. The summed E-state index contributed by atoms with van der Waals surface area (Å²) in [6.07, 6.45) is 1.54. The Balaban J connectivity index is 1.64. The lowest BCUT2D eigenvalue weighted by Gasteiger charge is -2.24. The Morgan fingerprint density at radius 2 is 2.05 bits per heavy atom. The van der Waals surface area contributed by atoms with Crippen molar-refractivity contribution in [2.45, 2.75) is 19.9 Å². The molecular formula is C28H22ClN3O7S. The van der Waals surface area contributed by atoms with Crippen LogP contribution in [0.15, 0.2) is 80.1 Å². The van der Waals surface area contributed by atoms with Gasteiger partial charge in [0.2, 0.25) is 0 Å². The largest absolute Gasteiger partial charge is 0.497 e. The molecule has 0 spiro atoms. The number of halogens is 1. The molecule has 12 heteroatoms. The number of aromatic nitrogens is 1. The summed E-state index contributed by atoms with van der Waals surface area (Å²) in [6, 6.07) is 13.8. The van der Waals surface area contributed by atoms with Crippen molar-refractivity contribution < 1.29 is 23.6 Å². The number of nitro groups is 1. The van der Waals surface area contributed by atoms with E-state index in [0.717, 1.165) is 11.3 Å². The minimum Gasteiger partial charge on any atom is -0.497 e. The molecule has 0 aliphatic carbocycles. The molecule has 1 aliphatic rings. The molecule has 10 nitrogen and oxygen atoms in total. The summed E-state index contributed by atoms with van der Waals surface area (Å²) in [5, 5.41) is 11.8. The normalized spacial score (nSPS) is 15.0. The minimum absolute atomic E-state index is 0.164. The van der Waals surface area contributed by atoms with Crippen LogP contribution in [0.4, 0.5) is 5.69 Å². The zero-order chi connectivity index (χ0) is 28.6. The van der Waals surface area contributed by atoms with Crippen molar-refractivity contribution in [3.8, 4) is 17.1 Å². The summed E-state index contributed by atoms with van der Waals surface area (Å²) < 4.78 is 18.3. The van der Waals surface area contributed by atoms with Crippen LogP contribution in [0.1, 0.15) is 31.2 Å². The van der Waals surface area contributed by atoms with Crippen molar-refractivity contribution in [3.63, 3.8) is 0 Å². The van der Waals surface area contributed by atoms with E-state index < -0.39 is 16.9 Å². The number of fused-ring (bicyclic) bond motifs is 1. The zero-order valence-corrected chi connectivity index (χ0v) is 23.1. The van der Waals surface area contributed by atoms with Crippen LogP contribution in [0, 0.1) is 10.1 Å². The number of nitrogens with zero attached hydrogens (tertiary/aromatic N) is 3. The molecule has 204 valence electrons. The molecule has 0 radical (unpaired) electrons. The van der Waals surface area contributed by atoms with E-state index in [-0.39, 0.29) is 39.8 Å². The van der Waals surface area contributed by atoms with Gasteiger partial charge in [-0.15, -0.1) is 0 Å². The van der Waals surface area contributed by atoms with Crippen molar-refractivity contribution >= 4 is 40.7 Å². The fourth-order valence-corrected chi connectivity index (χ4v) is 5.68. The first-order valence-corrected chi connectivity index (χ1v) is 13.3. The monoisotopic (exact) mass is 579 g/mol. The summed E-state index contributed by atoms with van der Waals surface area (Å²) in [5.74, 6) is 0.559. The minimum atomic E-state index is -0.795. The maximum absolute atomic E-state index is 13.8. The van der Waals surface area contributed by atoms with E-state index >= 15 is 0 Å². The number of hydrogen-bond donors (Lipinski definition) is 0. The number of rotatable bonds is 7. The molecule has 4 aromatic rings. The highest BCUT2D eigenvalue weighted by Crippen LogP contribution is 2.34. The highest BCUT2D eigenvalue weighted by Gasteiger charge is 2.33. The summed E-state index contributed by atoms with van der Waals surface area (Å²) in [6.45, 7) is 3.58. The first-order chi connectivity index (χ1) is 19.2. The fraction of sp³-hybridized carbons (Fsp3) is 0.179. The molecule has 3 heterocycles. The highest BCUT2D eigenvalue weighted by atomic mass is 35.5. The number of hydrogen-bond acceptors (Lipinski definition) is 9. The van der Waals surface area contributed by atoms with Crippen molar-refractivity contribution in [1.29, 1.82) is 0 Å². The Hall–Kier alpha value is -4.48. The molecule has 0 saturated carbocycles. The molecule has 0 N–H and O–H groups in total. The molecule has 2 aromatic carbocycles. The van der Waals surface area contributed by atoms with E-state index in [1.54, 1.807) is 56.3 Å². The summed E-state index contributed by atoms with van der Waals surface area (Å²) in [7, 11) is 1.54. The number of carbonyl (C=O) groups is 1. The van der Waals surface area contributed by atoms with Gasteiger partial charge in [-0.3, -0.25) is 19.5 Å². The van der Waals surface area contributed by atoms with Gasteiger partial charge < -0.3 is 13.9 Å². The molecule has 5 rings (SSSR count). The first kappa shape index (κ1) is 27.1. The molecule has 0 fully saturated rings. The lowest BCUT2D eigenvalue weighted by molar-refractivity contribution is -0.384. The molecule has 2 aromatic heterocycles. The van der Waals surface area contributed by atoms with Gasteiger partial charge in [0.05, 0.1) is 46.0 Å². The van der Waals surface area contributed by atoms with Crippen LogP contribution >= 0.6 is 22.9 Å². The van der Waals surface area contributed by atoms with E-state index in [2.05, 4.69) is 4.99 Å². The van der Waals surface area contributed by atoms with Crippen LogP contribution in [-0.4, -0.2) is 29.2 Å². The van der Waals surface area contributed by atoms with Gasteiger partial charge in [-0.2, -0.15) is 0 Å². The van der Waals surface area contributed by atoms with Crippen molar-refractivity contribution in [3.05, 3.63) is 112 Å². The van der Waals surface area contributed by atoms with E-state index in [9.17, 15) is 19.7 Å². The predicted octanol–water partition coefficient (Wildman–Crippen LogP) is 4.63. The Kier molecular flexibility index (Phi) is 7.42. The van der Waals surface area contributed by atoms with Gasteiger partial charge in [-0.1, -0.05) is 35.1 Å². The average molecular weight is 580 g/mol. The number of benzene rings is 2. The average Bonchev–Trinajstić information content (AvgIpc) is 3.52. The smallest absolute Gasteiger partial charge is 0.338 e. The second-order valence-electron chi connectivity index (χ2n) is 8.70. The van der Waals surface area contributed by atoms with E-state index in [4.69, 9.17) is 25.5 Å². The third kappa shape index (κ3) is 4.96. The van der Waals surface area contributed by atoms with Crippen molar-refractivity contribution in [2.24, 2.45) is 4.99 Å². The zero-order valence-electron chi connectivity index (χ0n) is 21.5. The predicted molar refractivity (Wildman–Crippen MR) is 149 cm³/mol. The molecule has 0 bridgehead atoms. The summed E-state index contributed by atoms with van der Waals surface area (Å²) in [4.78, 5) is 42.8. The molecule has 1 aliphatic heterocycles. The van der Waals surface area contributed by atoms with Crippen LogP contribution < -0.4 is 19.6 Å². The molecular weight excluding hydrogens is 558 g/mol. The van der Waals surface area contributed by atoms with Gasteiger partial charge in [-0.25, -0.2) is 9.79 Å². The standard InChI is InChI=1S/C28H22ClN3O7S/c1-4-38-27(34)24-15(2)30-28-31(25(24)16-6-5-7-18(12-16)37-3)26(33)23(40-28)14-19-9-11-22(39-19)20-10-8-17(29)13-21(20)32(35)36/h5-14,25H,4H2,1-3H3/b23-14+. The Labute approximate surface area is 236 Å². The molecule has 1 atom stereocenters. The first-order valence-electron chi connectivity index (χ1n) is 12.1.